The van der Waals surface area contributed by atoms with Crippen LogP contribution in [0.25, 0.3) is 0 Å². The number of aliphatic hydroxyl groups excluding tert-OH is 1. The molecule has 1 aliphatic carbocycles. The van der Waals surface area contributed by atoms with Gasteiger partial charge in [0.25, 0.3) is 0 Å². The Morgan fingerprint density at radius 2 is 2.07 bits per heavy atom. The Morgan fingerprint density at radius 3 is 2.71 bits per heavy atom. The normalized spacial score (nSPS) is 30.2. The molecule has 14 heavy (non-hydrogen) atoms. The van der Waals surface area contributed by atoms with Gasteiger partial charge in [0.05, 0.1) is 0 Å². The van der Waals surface area contributed by atoms with Crippen molar-refractivity contribution in [1.29, 1.82) is 0 Å². The molecule has 2 nitrogen and oxygen atoms in total. The summed E-state index contributed by atoms with van der Waals surface area (Å²) in [6.45, 7) is 5.95. The summed E-state index contributed by atoms with van der Waals surface area (Å²) in [5.41, 5.74) is 0. The van der Waals surface area contributed by atoms with Crippen LogP contribution in [0.2, 0.25) is 0 Å². The first-order valence-corrected chi connectivity index (χ1v) is 6.08. The lowest BCUT2D eigenvalue weighted by Gasteiger charge is -2.30. The van der Waals surface area contributed by atoms with E-state index >= 15 is 0 Å². The number of rotatable bonds is 5. The van der Waals surface area contributed by atoms with E-state index in [0.29, 0.717) is 12.5 Å². The van der Waals surface area contributed by atoms with E-state index in [-0.39, 0.29) is 0 Å². The summed E-state index contributed by atoms with van der Waals surface area (Å²) < 4.78 is 0. The summed E-state index contributed by atoms with van der Waals surface area (Å²) in [6.07, 6.45) is 6.44. The van der Waals surface area contributed by atoms with Crippen molar-refractivity contribution in [3.05, 3.63) is 0 Å². The van der Waals surface area contributed by atoms with Crippen LogP contribution in [-0.2, 0) is 0 Å². The molecule has 2 heteroatoms. The van der Waals surface area contributed by atoms with Crippen LogP contribution in [0.4, 0.5) is 0 Å². The van der Waals surface area contributed by atoms with Gasteiger partial charge in [0.1, 0.15) is 0 Å². The Balaban J connectivity index is 2.15. The van der Waals surface area contributed by atoms with Crippen molar-refractivity contribution in [3.63, 3.8) is 0 Å². The van der Waals surface area contributed by atoms with Crippen molar-refractivity contribution in [3.8, 4) is 0 Å². The molecule has 0 aromatic heterocycles. The van der Waals surface area contributed by atoms with Gasteiger partial charge >= 0.3 is 0 Å². The van der Waals surface area contributed by atoms with Gasteiger partial charge in [-0.15, -0.1) is 0 Å². The molecule has 0 spiro atoms. The molecule has 2 N–H and O–H groups in total. The molecule has 1 fully saturated rings. The Morgan fingerprint density at radius 1 is 1.36 bits per heavy atom. The quantitative estimate of drug-likeness (QED) is 0.711. The lowest BCUT2D eigenvalue weighted by molar-refractivity contribution is 0.239. The summed E-state index contributed by atoms with van der Waals surface area (Å²) in [6, 6.07) is 0.727. The van der Waals surface area contributed by atoms with Crippen molar-refractivity contribution in [1.82, 2.24) is 5.32 Å². The van der Waals surface area contributed by atoms with Gasteiger partial charge in [0.2, 0.25) is 0 Å². The van der Waals surface area contributed by atoms with E-state index in [0.717, 1.165) is 24.9 Å². The summed E-state index contributed by atoms with van der Waals surface area (Å²) in [5, 5.41) is 12.4. The Bertz CT molecular complexity index is 149. The molecule has 0 radical (unpaired) electrons. The molecular formula is C12H25NO. The zero-order valence-electron chi connectivity index (χ0n) is 9.63. The largest absolute Gasteiger partial charge is 0.396 e. The first kappa shape index (κ1) is 12.0. The molecule has 3 atom stereocenters. The predicted octanol–water partition coefficient (Wildman–Crippen LogP) is 2.17. The van der Waals surface area contributed by atoms with Crippen LogP contribution in [0.3, 0.4) is 0 Å². The van der Waals surface area contributed by atoms with Crippen LogP contribution < -0.4 is 5.32 Å². The lowest BCUT2D eigenvalue weighted by atomic mass is 9.85. The lowest BCUT2D eigenvalue weighted by Crippen LogP contribution is -2.39. The number of hydrogen-bond donors (Lipinski definition) is 2. The minimum absolute atomic E-state index is 0.322. The van der Waals surface area contributed by atoms with Gasteiger partial charge in [-0.2, -0.15) is 0 Å². The maximum atomic E-state index is 8.80. The monoisotopic (exact) mass is 199 g/mol. The number of aliphatic hydroxyl groups is 1. The van der Waals surface area contributed by atoms with E-state index < -0.39 is 0 Å². The van der Waals surface area contributed by atoms with Gasteiger partial charge in [-0.25, -0.2) is 0 Å². The maximum absolute atomic E-state index is 8.80. The van der Waals surface area contributed by atoms with Crippen LogP contribution in [0.1, 0.15) is 46.0 Å². The molecule has 84 valence electrons. The summed E-state index contributed by atoms with van der Waals surface area (Å²) in [7, 11) is 0. The van der Waals surface area contributed by atoms with Crippen molar-refractivity contribution >= 4 is 0 Å². The first-order chi connectivity index (χ1) is 6.74. The Hall–Kier alpha value is -0.0800. The predicted molar refractivity (Wildman–Crippen MR) is 60.3 cm³/mol. The highest BCUT2D eigenvalue weighted by Crippen LogP contribution is 2.23. The van der Waals surface area contributed by atoms with Crippen LogP contribution in [0, 0.1) is 11.8 Å². The number of hydrogen-bond acceptors (Lipinski definition) is 2. The molecule has 0 aliphatic heterocycles. The van der Waals surface area contributed by atoms with Crippen LogP contribution >= 0.6 is 0 Å². The molecule has 3 unspecified atom stereocenters. The van der Waals surface area contributed by atoms with E-state index in [4.69, 9.17) is 5.11 Å². The zero-order chi connectivity index (χ0) is 10.4. The van der Waals surface area contributed by atoms with E-state index in [1.54, 1.807) is 0 Å². The smallest absolute Gasteiger partial charge is 0.0434 e. The fourth-order valence-electron chi connectivity index (χ4n) is 2.29. The van der Waals surface area contributed by atoms with Crippen molar-refractivity contribution < 1.29 is 5.11 Å². The van der Waals surface area contributed by atoms with Gasteiger partial charge in [0, 0.05) is 12.6 Å². The second kappa shape index (κ2) is 6.41. The van der Waals surface area contributed by atoms with Gasteiger partial charge in [-0.05, 0) is 37.6 Å². The van der Waals surface area contributed by atoms with E-state index in [1.807, 2.05) is 0 Å². The van der Waals surface area contributed by atoms with Crippen LogP contribution in [0.15, 0.2) is 0 Å². The maximum Gasteiger partial charge on any atom is 0.0434 e. The Kier molecular flexibility index (Phi) is 5.49. The SMILES string of the molecule is CC(CCO)CNC1CCCCC1C. The third-order valence-electron chi connectivity index (χ3n) is 3.46. The summed E-state index contributed by atoms with van der Waals surface area (Å²) >= 11 is 0. The highest BCUT2D eigenvalue weighted by atomic mass is 16.3. The van der Waals surface area contributed by atoms with Crippen molar-refractivity contribution in [2.24, 2.45) is 11.8 Å². The topological polar surface area (TPSA) is 32.3 Å². The molecule has 0 aromatic rings. The highest BCUT2D eigenvalue weighted by Gasteiger charge is 2.20. The number of nitrogens with one attached hydrogen (secondary N) is 1. The Labute approximate surface area is 88.1 Å². The second-order valence-corrected chi connectivity index (χ2v) is 4.89. The van der Waals surface area contributed by atoms with Gasteiger partial charge in [-0.1, -0.05) is 26.7 Å². The van der Waals surface area contributed by atoms with Crippen LogP contribution in [-0.4, -0.2) is 24.3 Å². The van der Waals surface area contributed by atoms with E-state index in [1.165, 1.54) is 25.7 Å². The summed E-state index contributed by atoms with van der Waals surface area (Å²) in [4.78, 5) is 0. The molecule has 1 rings (SSSR count). The molecule has 0 saturated heterocycles. The molecule has 1 saturated carbocycles. The average molecular weight is 199 g/mol. The standard InChI is InChI=1S/C12H25NO/c1-10(7-8-14)9-13-12-6-4-3-5-11(12)2/h10-14H,3-9H2,1-2H3. The van der Waals surface area contributed by atoms with Crippen molar-refractivity contribution in [2.45, 2.75) is 52.0 Å². The highest BCUT2D eigenvalue weighted by molar-refractivity contribution is 4.78. The fourth-order valence-corrected chi connectivity index (χ4v) is 2.29. The minimum Gasteiger partial charge on any atom is -0.396 e. The van der Waals surface area contributed by atoms with Gasteiger partial charge in [-0.3, -0.25) is 0 Å². The zero-order valence-corrected chi connectivity index (χ0v) is 9.63. The molecule has 0 bridgehead atoms. The fraction of sp³-hybridized carbons (Fsp3) is 1.00. The molecular weight excluding hydrogens is 174 g/mol. The molecule has 1 aliphatic rings. The molecule has 0 aromatic carbocycles. The average Bonchev–Trinajstić information content (AvgIpc) is 2.17. The van der Waals surface area contributed by atoms with Gasteiger partial charge < -0.3 is 10.4 Å². The second-order valence-electron chi connectivity index (χ2n) is 4.89. The molecule has 0 heterocycles. The third-order valence-corrected chi connectivity index (χ3v) is 3.46. The third kappa shape index (κ3) is 3.97. The van der Waals surface area contributed by atoms with Crippen LogP contribution in [0.5, 0.6) is 0 Å². The summed E-state index contributed by atoms with van der Waals surface area (Å²) in [5.74, 6) is 1.44. The van der Waals surface area contributed by atoms with Gasteiger partial charge in [0.15, 0.2) is 0 Å². The molecule has 0 amide bonds. The van der Waals surface area contributed by atoms with Crippen molar-refractivity contribution in [2.75, 3.05) is 13.2 Å². The first-order valence-electron chi connectivity index (χ1n) is 6.08. The van der Waals surface area contributed by atoms with E-state index in [2.05, 4.69) is 19.2 Å². The van der Waals surface area contributed by atoms with E-state index in [9.17, 15) is 0 Å². The minimum atomic E-state index is 0.322.